The average Bonchev–Trinajstić information content (AvgIpc) is 2.93. The maximum absolute atomic E-state index is 13.2. The number of hydrogen-bond acceptors (Lipinski definition) is 5. The summed E-state index contributed by atoms with van der Waals surface area (Å²) in [6.45, 7) is 6.56. The van der Waals surface area contributed by atoms with Crippen LogP contribution in [0.1, 0.15) is 100 Å². The van der Waals surface area contributed by atoms with E-state index in [9.17, 15) is 19.8 Å². The highest BCUT2D eigenvalue weighted by Gasteiger charge is 2.31. The molecule has 1 aliphatic rings. The van der Waals surface area contributed by atoms with Gasteiger partial charge in [-0.3, -0.25) is 9.59 Å². The molecule has 0 unspecified atom stereocenters. The number of ketones is 2. The van der Waals surface area contributed by atoms with Crippen LogP contribution in [0.25, 0.3) is 0 Å². The Morgan fingerprint density at radius 1 is 1.05 bits per heavy atom. The number of aromatic hydroxyl groups is 1. The monoisotopic (exact) mass is 532 g/mol. The van der Waals surface area contributed by atoms with Crippen LogP contribution in [0.15, 0.2) is 36.4 Å². The molecule has 0 radical (unpaired) electrons. The Labute approximate surface area is 234 Å². The van der Waals surface area contributed by atoms with Gasteiger partial charge in [0.05, 0.1) is 13.0 Å². The number of ether oxygens (including phenoxy) is 1. The molecule has 3 atom stereocenters. The molecular formula is C34H44O5. The standard InChI is InChI=1S/C34H44O5/c1-5-6-7-8-13-25-14-11-16-28(27-15-10-9-12-24(27)18-17-23(2)3)29-22-31(36)32(39-4)21-26(29)19-20-30(35)34(38)33(25)37/h9-10,12,15,21-23,25,28,34,36,38H,5-8,13-14,17-20H2,1-4H3/t25-,28+,34+/m0/s1. The third-order valence-electron chi connectivity index (χ3n) is 7.73. The minimum atomic E-state index is -1.63. The largest absolute Gasteiger partial charge is 0.504 e. The zero-order valence-corrected chi connectivity index (χ0v) is 24.0. The molecular weight excluding hydrogens is 488 g/mol. The fourth-order valence-corrected chi connectivity index (χ4v) is 5.31. The summed E-state index contributed by atoms with van der Waals surface area (Å²) in [5.41, 5.74) is 3.92. The summed E-state index contributed by atoms with van der Waals surface area (Å²) in [7, 11) is 1.49. The van der Waals surface area contributed by atoms with E-state index in [0.717, 1.165) is 55.2 Å². The van der Waals surface area contributed by atoms with Crippen molar-refractivity contribution in [3.8, 4) is 23.3 Å². The van der Waals surface area contributed by atoms with Crippen LogP contribution in [-0.4, -0.2) is 35.0 Å². The van der Waals surface area contributed by atoms with Crippen LogP contribution in [0.5, 0.6) is 11.5 Å². The first kappa shape index (κ1) is 30.4. The van der Waals surface area contributed by atoms with Crippen molar-refractivity contribution in [1.29, 1.82) is 0 Å². The maximum atomic E-state index is 13.2. The number of methoxy groups -OCH3 is 1. The number of benzene rings is 2. The quantitative estimate of drug-likeness (QED) is 0.206. The Hall–Kier alpha value is -3.10. The van der Waals surface area contributed by atoms with E-state index in [1.54, 1.807) is 12.1 Å². The molecule has 0 bridgehead atoms. The van der Waals surface area contributed by atoms with Crippen molar-refractivity contribution in [2.24, 2.45) is 11.8 Å². The fraction of sp³-hybridized carbons (Fsp3) is 0.529. The summed E-state index contributed by atoms with van der Waals surface area (Å²) in [6, 6.07) is 11.7. The highest BCUT2D eigenvalue weighted by molar-refractivity contribution is 6.06. The number of hydrogen-bond donors (Lipinski definition) is 2. The molecule has 2 aromatic carbocycles. The summed E-state index contributed by atoms with van der Waals surface area (Å²) >= 11 is 0. The molecule has 0 amide bonds. The highest BCUT2D eigenvalue weighted by Crippen LogP contribution is 2.38. The van der Waals surface area contributed by atoms with Gasteiger partial charge in [-0.2, -0.15) is 0 Å². The van der Waals surface area contributed by atoms with E-state index in [2.05, 4.69) is 44.7 Å². The Morgan fingerprint density at radius 3 is 2.54 bits per heavy atom. The first-order valence-electron chi connectivity index (χ1n) is 14.5. The molecule has 0 aromatic heterocycles. The molecule has 5 nitrogen and oxygen atoms in total. The number of fused-ring (bicyclic) bond motifs is 1. The van der Waals surface area contributed by atoms with E-state index in [1.165, 1.54) is 12.7 Å². The zero-order valence-electron chi connectivity index (χ0n) is 24.0. The van der Waals surface area contributed by atoms with Crippen molar-refractivity contribution in [3.63, 3.8) is 0 Å². The van der Waals surface area contributed by atoms with Gasteiger partial charge in [0, 0.05) is 18.8 Å². The van der Waals surface area contributed by atoms with Crippen molar-refractivity contribution in [1.82, 2.24) is 0 Å². The van der Waals surface area contributed by atoms with Crippen LogP contribution in [0.4, 0.5) is 0 Å². The van der Waals surface area contributed by atoms with Crippen molar-refractivity contribution in [2.75, 3.05) is 7.11 Å². The van der Waals surface area contributed by atoms with Gasteiger partial charge >= 0.3 is 0 Å². The summed E-state index contributed by atoms with van der Waals surface area (Å²) in [5.74, 6) is 5.93. The lowest BCUT2D eigenvalue weighted by Crippen LogP contribution is -2.35. The van der Waals surface area contributed by atoms with Gasteiger partial charge in [-0.1, -0.05) is 76.6 Å². The zero-order chi connectivity index (χ0) is 28.4. The molecule has 1 aliphatic carbocycles. The van der Waals surface area contributed by atoms with Gasteiger partial charge in [0.25, 0.3) is 0 Å². The van der Waals surface area contributed by atoms with Crippen LogP contribution >= 0.6 is 0 Å². The second-order valence-electron chi connectivity index (χ2n) is 11.1. The number of aliphatic hydroxyl groups is 1. The lowest BCUT2D eigenvalue weighted by atomic mass is 9.81. The second-order valence-corrected chi connectivity index (χ2v) is 11.1. The Morgan fingerprint density at radius 2 is 1.82 bits per heavy atom. The van der Waals surface area contributed by atoms with Gasteiger partial charge in [-0.25, -0.2) is 0 Å². The van der Waals surface area contributed by atoms with Crippen LogP contribution in [0.2, 0.25) is 0 Å². The van der Waals surface area contributed by atoms with Crippen molar-refractivity contribution >= 4 is 11.6 Å². The number of aryl methyl sites for hydroxylation is 2. The van der Waals surface area contributed by atoms with Crippen molar-refractivity contribution in [2.45, 2.75) is 97.0 Å². The number of carbonyl (C=O) groups is 2. The topological polar surface area (TPSA) is 83.8 Å². The van der Waals surface area contributed by atoms with E-state index < -0.39 is 23.6 Å². The highest BCUT2D eigenvalue weighted by atomic mass is 16.5. The van der Waals surface area contributed by atoms with Gasteiger partial charge in [-0.15, -0.1) is 5.92 Å². The number of Topliss-reactive ketones (excluding diaryl/α,β-unsaturated/α-hetero) is 2. The van der Waals surface area contributed by atoms with Crippen LogP contribution in [0, 0.1) is 23.7 Å². The van der Waals surface area contributed by atoms with Gasteiger partial charge in [0.1, 0.15) is 0 Å². The van der Waals surface area contributed by atoms with E-state index in [-0.39, 0.29) is 24.5 Å². The summed E-state index contributed by atoms with van der Waals surface area (Å²) in [5, 5.41) is 21.4. The minimum Gasteiger partial charge on any atom is -0.504 e. The molecule has 5 heteroatoms. The Balaban J connectivity index is 2.12. The fourth-order valence-electron chi connectivity index (χ4n) is 5.31. The first-order valence-corrected chi connectivity index (χ1v) is 14.5. The van der Waals surface area contributed by atoms with E-state index in [0.29, 0.717) is 24.5 Å². The van der Waals surface area contributed by atoms with Crippen molar-refractivity contribution in [3.05, 3.63) is 58.7 Å². The molecule has 3 rings (SSSR count). The predicted molar refractivity (Wildman–Crippen MR) is 155 cm³/mol. The number of rotatable bonds is 10. The molecule has 0 saturated heterocycles. The number of aliphatic hydroxyl groups excluding tert-OH is 1. The Kier molecular flexibility index (Phi) is 11.6. The van der Waals surface area contributed by atoms with E-state index >= 15 is 0 Å². The SMILES string of the molecule is CCCCCC[C@H]1CC#C[C@H](c2ccccc2CCC(C)C)c2cc(O)c(OC)cc2CCC(=O)[C@@H](O)C1=O. The normalized spacial score (nSPS) is 20.0. The van der Waals surface area contributed by atoms with Crippen molar-refractivity contribution < 1.29 is 24.5 Å². The molecule has 0 aliphatic heterocycles. The van der Waals surface area contributed by atoms with Crippen LogP contribution in [-0.2, 0) is 22.4 Å². The van der Waals surface area contributed by atoms with E-state index in [4.69, 9.17) is 4.74 Å². The predicted octanol–water partition coefficient (Wildman–Crippen LogP) is 6.55. The van der Waals surface area contributed by atoms with E-state index in [1.807, 2.05) is 12.1 Å². The molecule has 2 aromatic rings. The molecule has 2 N–H and O–H groups in total. The smallest absolute Gasteiger partial charge is 0.172 e. The second kappa shape index (κ2) is 14.9. The number of phenols is 1. The molecule has 0 fully saturated rings. The third-order valence-corrected chi connectivity index (χ3v) is 7.73. The first-order chi connectivity index (χ1) is 18.8. The molecule has 0 saturated carbocycles. The van der Waals surface area contributed by atoms with Gasteiger partial charge < -0.3 is 14.9 Å². The van der Waals surface area contributed by atoms with Gasteiger partial charge in [-0.05, 0) is 66.0 Å². The summed E-state index contributed by atoms with van der Waals surface area (Å²) in [6.07, 6.45) is 5.61. The lowest BCUT2D eigenvalue weighted by Gasteiger charge is -2.23. The summed E-state index contributed by atoms with van der Waals surface area (Å²) < 4.78 is 5.37. The molecule has 0 spiro atoms. The maximum Gasteiger partial charge on any atom is 0.172 e. The minimum absolute atomic E-state index is 0.0187. The van der Waals surface area contributed by atoms with Crippen LogP contribution < -0.4 is 4.74 Å². The van der Waals surface area contributed by atoms with Gasteiger partial charge in [0.15, 0.2) is 29.2 Å². The third kappa shape index (κ3) is 8.19. The molecule has 210 valence electrons. The number of carbonyl (C=O) groups excluding carboxylic acids is 2. The molecule has 0 heterocycles. The lowest BCUT2D eigenvalue weighted by molar-refractivity contribution is -0.141. The van der Waals surface area contributed by atoms with Gasteiger partial charge in [0.2, 0.25) is 0 Å². The number of phenolic OH excluding ortho intramolecular Hbond substituents is 1. The average molecular weight is 533 g/mol. The Bertz CT molecular complexity index is 1190. The summed E-state index contributed by atoms with van der Waals surface area (Å²) in [4.78, 5) is 26.1. The molecule has 39 heavy (non-hydrogen) atoms. The number of unbranched alkanes of at least 4 members (excludes halogenated alkanes) is 3. The van der Waals surface area contributed by atoms with Crippen LogP contribution in [0.3, 0.4) is 0 Å².